The number of thiazole rings is 1. The van der Waals surface area contributed by atoms with E-state index in [4.69, 9.17) is 34.8 Å². The number of nitrogens with one attached hydrogen (secondary N) is 7. The quantitative estimate of drug-likeness (QED) is 0.00598. The van der Waals surface area contributed by atoms with Crippen molar-refractivity contribution >= 4 is 244 Å². The van der Waals surface area contributed by atoms with E-state index in [1.54, 1.807) is 38.1 Å². The van der Waals surface area contributed by atoms with E-state index in [9.17, 15) is 75.0 Å². The van der Waals surface area contributed by atoms with E-state index in [1.807, 2.05) is 98.6 Å². The number of sulfone groups is 1. The van der Waals surface area contributed by atoms with E-state index < -0.39 is 81.9 Å². The molecule has 0 saturated heterocycles. The van der Waals surface area contributed by atoms with Gasteiger partial charge in [-0.2, -0.15) is 41.3 Å². The molecule has 13 N–H and O–H groups in total. The molecule has 122 heavy (non-hydrogen) atoms. The molecule has 1 aromatic carbocycles. The zero-order valence-corrected chi connectivity index (χ0v) is 84.9. The summed E-state index contributed by atoms with van der Waals surface area (Å²) in [6.45, 7) is 16.5. The van der Waals surface area contributed by atoms with Crippen LogP contribution < -0.4 is 37.7 Å². The molecule has 30 nitrogen and oxygen atoms in total. The van der Waals surface area contributed by atoms with Crippen molar-refractivity contribution in [2.45, 2.75) is 195 Å². The minimum atomic E-state index is -4.80. The van der Waals surface area contributed by atoms with E-state index in [2.05, 4.69) is 153 Å². The molecule has 0 bridgehead atoms. The lowest BCUT2D eigenvalue weighted by atomic mass is 10.1. The average molecular weight is 2430 g/mol. The van der Waals surface area contributed by atoms with Crippen molar-refractivity contribution in [1.29, 1.82) is 0 Å². The summed E-state index contributed by atoms with van der Waals surface area (Å²) in [5.41, 5.74) is 1.87. The number of aryl methyl sites for hydroxylation is 5. The monoisotopic (exact) mass is 2420 g/mol. The molecule has 0 unspecified atom stereocenters. The number of fused-ring (bicyclic) bond motifs is 1. The number of aliphatic hydroxyl groups excluding tert-OH is 6. The maximum atomic E-state index is 14.3. The smallest absolute Gasteiger partial charge is 0.396 e. The fraction of sp³-hybridized carbons (Fsp3) is 0.521. The van der Waals surface area contributed by atoms with Crippen LogP contribution in [0.25, 0.3) is 20.8 Å². The molecule has 11 rings (SSSR count). The first kappa shape index (κ1) is 109. The van der Waals surface area contributed by atoms with Gasteiger partial charge in [-0.05, 0) is 211 Å². The van der Waals surface area contributed by atoms with Crippen molar-refractivity contribution in [2.75, 3.05) is 84.5 Å². The van der Waals surface area contributed by atoms with Gasteiger partial charge in [0, 0.05) is 62.7 Å². The first-order valence-corrected chi connectivity index (χ1v) is 50.2. The molecule has 674 valence electrons. The first-order valence-electron chi connectivity index (χ1n) is 37.3. The maximum absolute atomic E-state index is 14.3. The van der Waals surface area contributed by atoms with Gasteiger partial charge in [0.05, 0.1) is 80.7 Å². The normalized spacial score (nSPS) is 17.3. The number of H-pyrrole nitrogens is 2. The second kappa shape index (κ2) is 52.7. The van der Waals surface area contributed by atoms with E-state index in [1.165, 1.54) is 76.8 Å². The van der Waals surface area contributed by atoms with Gasteiger partial charge >= 0.3 is 12.4 Å². The molecular weight excluding hydrogens is 2330 g/mol. The number of nitrogens with zero attached hydrogens (tertiary/aromatic N) is 13. The predicted octanol–water partition coefficient (Wildman–Crippen LogP) is 16.2. The summed E-state index contributed by atoms with van der Waals surface area (Å²) in [7, 11) is -3.37. The Balaban J connectivity index is 0.000000268. The van der Waals surface area contributed by atoms with Gasteiger partial charge < -0.3 is 67.2 Å². The highest BCUT2D eigenvalue weighted by molar-refractivity contribution is 14.1. The molecule has 0 radical (unpaired) electrons. The van der Waals surface area contributed by atoms with Gasteiger partial charge in [0.2, 0.25) is 32.8 Å². The Labute approximate surface area is 801 Å². The minimum absolute atomic E-state index is 0.0533. The molecule has 9 aromatic rings. The molecule has 2 saturated carbocycles. The average Bonchev–Trinajstić information content (AvgIpc) is 1.73. The Hall–Kier alpha value is -3.87. The van der Waals surface area contributed by atoms with Crippen LogP contribution in [0.5, 0.6) is 0 Å². The number of anilines is 5. The number of aliphatic hydroxyl groups is 6. The van der Waals surface area contributed by atoms with Crippen molar-refractivity contribution in [2.24, 2.45) is 11.8 Å². The second-order valence-corrected chi connectivity index (χ2v) is 38.6. The highest BCUT2D eigenvalue weighted by Crippen LogP contribution is 2.44. The van der Waals surface area contributed by atoms with Crippen molar-refractivity contribution in [1.82, 2.24) is 74.8 Å². The SMILES string of the molecule is CCCCCNc1nc(C)c(I)c(Cl)n1.CCCCCNc1nc(N[C@@H]2C[C@H](CO)[C@@H](O)[C@H]2O)c(-c2nc3ccccc3s2)c(C(F)(F)F)n1.CCCCCNc1nc(N[C@@H]2C[C@H](CO)[C@@H](O)[C@H]2O)c(I)c(C(F)(F)F)n1.CSc1nc(C)c(I)c(=O)[nH]1.CSc1nc(C)c(I)c(Cl)n1.CSc1nc(C)cc(=O)[nH]1.Cc1nc(S(C)(=O)=O)nc(Cl)c1I. The Bertz CT molecular complexity index is 5040. The highest BCUT2D eigenvalue weighted by Gasteiger charge is 2.45. The number of para-hydroxylation sites is 1. The number of unbranched alkanes of at least 4 members (excludes halogenated alkanes) is 6. The van der Waals surface area contributed by atoms with Crippen LogP contribution in [-0.2, 0) is 22.2 Å². The Morgan fingerprint density at radius 3 is 1.39 bits per heavy atom. The number of aromatic amines is 2. The van der Waals surface area contributed by atoms with E-state index in [0.717, 1.165) is 104 Å². The fourth-order valence-corrected chi connectivity index (χ4v) is 16.2. The van der Waals surface area contributed by atoms with Crippen molar-refractivity contribution in [3.63, 3.8) is 0 Å². The standard InChI is InChI=1S/C23H28F3N5O3S.C16H24F3IN4O3.C10H15ClIN3.C6H6ClIN2O2S.C6H6ClIN2S.C6H7IN2OS.C6H8N2OS/c1-2-3-6-9-27-22-30-19(23(24,25)26)16(21-29-13-7-4-5-8-15(13)35-21)20(31-22)28-14-10-12(11-32)17(33)18(14)34;1-2-3-4-5-21-15-23-13(16(17,18)19)10(20)14(24-15)22-9-6-8(7-25)11(26)12(9)27;1-3-4-5-6-13-10-14-7(2)8(12)9(11)15-10;1-3-4(8)5(7)10-6(9-3)13(2,11)12;1-3-4(8)5(7)10-6(9-3)11-2;1-3-4(7)5(10)9-6(8-3)11-2;1-4-3-5(9)8-6(7-4)10-2/h4-5,7-8,12,14,17-18,32-34H,2-3,6,9-11H2,1H3,(H2,27,28,30,31);8-9,11-12,25-27H,2-7H2,1H3,(H2,21,22,23,24);3-6H2,1-2H3,(H,13,14,15);1-2H3;1-2H3;1-2H3,(H,8,9,10);3H,1-2H3,(H,7,8,9)/t12-,14-,17-,18+;8-,9-,11-,12+;;;;;/m11...../s1. The largest absolute Gasteiger partial charge is 0.434 e. The molecule has 2 aliphatic carbocycles. The van der Waals surface area contributed by atoms with Crippen molar-refractivity contribution < 1.29 is 65.4 Å². The van der Waals surface area contributed by atoms with Gasteiger partial charge in [-0.3, -0.25) is 9.59 Å². The molecule has 49 heteroatoms. The topological polar surface area (TPSA) is 449 Å². The third-order valence-corrected chi connectivity index (χ3v) is 28.9. The van der Waals surface area contributed by atoms with Gasteiger partial charge in [-0.25, -0.2) is 58.3 Å². The number of hydrogen-bond donors (Lipinski definition) is 13. The van der Waals surface area contributed by atoms with Crippen LogP contribution in [0.4, 0.5) is 55.8 Å². The molecule has 0 spiro atoms. The van der Waals surface area contributed by atoms with Gasteiger partial charge in [0.1, 0.15) is 44.3 Å². The number of halogens is 14. The van der Waals surface area contributed by atoms with E-state index in [-0.39, 0.29) is 85.2 Å². The number of benzene rings is 1. The van der Waals surface area contributed by atoms with Crippen LogP contribution in [-0.4, -0.2) is 208 Å². The van der Waals surface area contributed by atoms with E-state index in [0.29, 0.717) is 62.7 Å². The third kappa shape index (κ3) is 33.9. The lowest BCUT2D eigenvalue weighted by molar-refractivity contribution is -0.142. The van der Waals surface area contributed by atoms with E-state index >= 15 is 0 Å². The summed E-state index contributed by atoms with van der Waals surface area (Å²) in [6, 6.07) is 6.93. The van der Waals surface area contributed by atoms with Gasteiger partial charge in [-0.1, -0.05) is 142 Å². The summed E-state index contributed by atoms with van der Waals surface area (Å²) in [6.07, 6.45) is 1.64. The molecule has 2 aliphatic rings. The minimum Gasteiger partial charge on any atom is -0.396 e. The zero-order chi connectivity index (χ0) is 91.3. The molecule has 8 aromatic heterocycles. The molecule has 0 amide bonds. The summed E-state index contributed by atoms with van der Waals surface area (Å²) in [5.74, 6) is -1.06. The lowest BCUT2D eigenvalue weighted by Gasteiger charge is -2.22. The number of thioether (sulfide) groups is 3. The molecule has 8 atom stereocenters. The Morgan fingerprint density at radius 2 is 0.967 bits per heavy atom. The number of aromatic nitrogens is 15. The third-order valence-electron chi connectivity index (χ3n) is 17.4. The van der Waals surface area contributed by atoms with Crippen LogP contribution in [0, 0.1) is 64.3 Å². The second-order valence-electron chi connectivity index (χ2n) is 26.9. The van der Waals surface area contributed by atoms with Gasteiger partial charge in [0.25, 0.3) is 11.1 Å². The number of hydrogen-bond acceptors (Lipinski definition) is 32. The van der Waals surface area contributed by atoms with Crippen LogP contribution in [0.2, 0.25) is 15.5 Å². The van der Waals surface area contributed by atoms with Gasteiger partial charge in [-0.15, -0.1) is 11.3 Å². The van der Waals surface area contributed by atoms with Crippen LogP contribution >= 0.6 is 194 Å². The lowest BCUT2D eigenvalue weighted by Crippen LogP contribution is -2.36. The molecule has 2 fully saturated rings. The molecule has 0 aliphatic heterocycles. The summed E-state index contributed by atoms with van der Waals surface area (Å²) in [4.78, 5) is 79.8. The van der Waals surface area contributed by atoms with Crippen molar-refractivity contribution in [3.05, 3.63) is 124 Å². The molecule has 8 heterocycles. The van der Waals surface area contributed by atoms with Crippen LogP contribution in [0.1, 0.15) is 131 Å². The van der Waals surface area contributed by atoms with Crippen LogP contribution in [0.3, 0.4) is 0 Å². The van der Waals surface area contributed by atoms with Crippen LogP contribution in [0.15, 0.2) is 60.5 Å². The van der Waals surface area contributed by atoms with Crippen molar-refractivity contribution in [3.8, 4) is 10.6 Å². The predicted molar refractivity (Wildman–Crippen MR) is 513 cm³/mol. The summed E-state index contributed by atoms with van der Waals surface area (Å²) in [5, 5.41) is 77.2. The zero-order valence-electron chi connectivity index (χ0n) is 67.8. The highest BCUT2D eigenvalue weighted by atomic mass is 127. The van der Waals surface area contributed by atoms with Gasteiger partial charge in [0.15, 0.2) is 26.9 Å². The first-order chi connectivity index (χ1) is 57.4. The Morgan fingerprint density at radius 1 is 0.525 bits per heavy atom. The number of rotatable bonds is 26. The number of alkyl halides is 6. The Kier molecular flexibility index (Phi) is 46.9. The fourth-order valence-electron chi connectivity index (χ4n) is 11.0. The summed E-state index contributed by atoms with van der Waals surface area (Å²) < 4.78 is 109. The summed E-state index contributed by atoms with van der Waals surface area (Å²) >= 11 is 32.7. The molecular formula is C73H94Cl3F6I5N20O10S5. The maximum Gasteiger partial charge on any atom is 0.434 e.